The van der Waals surface area contributed by atoms with Crippen molar-refractivity contribution >= 4 is 0 Å². The molecule has 1 N–H and O–H groups in total. The molecule has 0 saturated carbocycles. The molecule has 3 rings (SSSR count). The molecule has 0 radical (unpaired) electrons. The third kappa shape index (κ3) is 4.19. The van der Waals surface area contributed by atoms with E-state index in [1.807, 2.05) is 29.1 Å². The lowest BCUT2D eigenvalue weighted by atomic mass is 10.2. The summed E-state index contributed by atoms with van der Waals surface area (Å²) in [4.78, 5) is 2.34. The van der Waals surface area contributed by atoms with Crippen LogP contribution in [0, 0.1) is 0 Å². The zero-order chi connectivity index (χ0) is 15.2. The average Bonchev–Trinajstić information content (AvgIpc) is 3.23. The number of likely N-dealkylation sites (tertiary alicyclic amines) is 1. The molecule has 2 aromatic rings. The molecule has 1 fully saturated rings. The lowest BCUT2D eigenvalue weighted by Gasteiger charge is -2.26. The van der Waals surface area contributed by atoms with Gasteiger partial charge in [0.1, 0.15) is 12.4 Å². The summed E-state index contributed by atoms with van der Waals surface area (Å²) in [5.74, 6) is 0.782. The Bertz CT molecular complexity index is 527. The number of nitrogens with zero attached hydrogens (tertiary/aromatic N) is 3. The lowest BCUT2D eigenvalue weighted by molar-refractivity contribution is 0.00213. The summed E-state index contributed by atoms with van der Waals surface area (Å²) in [6.45, 7) is 3.28. The highest BCUT2D eigenvalue weighted by molar-refractivity contribution is 4.96. The summed E-state index contributed by atoms with van der Waals surface area (Å²) < 4.78 is 12.7. The molecule has 22 heavy (non-hydrogen) atoms. The van der Waals surface area contributed by atoms with E-state index in [4.69, 9.17) is 9.15 Å². The number of ether oxygens (including phenoxy) is 1. The molecule has 0 aliphatic carbocycles. The fraction of sp³-hybridized carbons (Fsp3) is 0.562. The van der Waals surface area contributed by atoms with Gasteiger partial charge in [-0.3, -0.25) is 9.58 Å². The van der Waals surface area contributed by atoms with Gasteiger partial charge in [0, 0.05) is 25.0 Å². The van der Waals surface area contributed by atoms with Gasteiger partial charge in [-0.25, -0.2) is 0 Å². The van der Waals surface area contributed by atoms with Gasteiger partial charge in [-0.15, -0.1) is 0 Å². The van der Waals surface area contributed by atoms with Crippen LogP contribution in [0.5, 0.6) is 0 Å². The number of hydrogen-bond donors (Lipinski definition) is 1. The fourth-order valence-corrected chi connectivity index (χ4v) is 2.98. The highest BCUT2D eigenvalue weighted by Gasteiger charge is 2.26. The first-order valence-corrected chi connectivity index (χ1v) is 7.81. The van der Waals surface area contributed by atoms with Crippen LogP contribution in [0.15, 0.2) is 41.3 Å². The second kappa shape index (κ2) is 7.58. The Morgan fingerprint density at radius 1 is 1.45 bits per heavy atom. The topological polar surface area (TPSA) is 63.7 Å². The standard InChI is InChI=1S/C16H23N3O3/c20-15(12-21-13-16-5-2-9-22-16)11-18-7-1-4-14(18)10-19-8-3-6-17-19/h2-3,5-6,8-9,14-15,20H,1,4,7,10-13H2/t14-,15+/m1/s1. The maximum atomic E-state index is 10.2. The molecule has 1 aliphatic heterocycles. The molecule has 3 heterocycles. The summed E-state index contributed by atoms with van der Waals surface area (Å²) in [7, 11) is 0. The SMILES string of the molecule is O[C@H](COCc1ccco1)CN1CCC[C@@H]1Cn1cccn1. The summed E-state index contributed by atoms with van der Waals surface area (Å²) in [5, 5.41) is 14.4. The molecular weight excluding hydrogens is 282 g/mol. The van der Waals surface area contributed by atoms with Crippen molar-refractivity contribution in [2.45, 2.75) is 38.1 Å². The smallest absolute Gasteiger partial charge is 0.129 e. The van der Waals surface area contributed by atoms with E-state index in [0.29, 0.717) is 25.8 Å². The first-order valence-electron chi connectivity index (χ1n) is 7.81. The Balaban J connectivity index is 1.40. The maximum absolute atomic E-state index is 10.2. The predicted molar refractivity (Wildman–Crippen MR) is 81.2 cm³/mol. The Kier molecular flexibility index (Phi) is 5.26. The highest BCUT2D eigenvalue weighted by Crippen LogP contribution is 2.19. The third-order valence-corrected chi connectivity index (χ3v) is 4.04. The number of rotatable bonds is 8. The van der Waals surface area contributed by atoms with Crippen LogP contribution in [-0.4, -0.2) is 51.6 Å². The van der Waals surface area contributed by atoms with Gasteiger partial charge in [0.2, 0.25) is 0 Å². The number of aliphatic hydroxyl groups excluding tert-OH is 1. The minimum Gasteiger partial charge on any atom is -0.467 e. The normalized spacial score (nSPS) is 20.5. The fourth-order valence-electron chi connectivity index (χ4n) is 2.98. The van der Waals surface area contributed by atoms with Gasteiger partial charge >= 0.3 is 0 Å². The molecule has 0 aromatic carbocycles. The number of aliphatic hydroxyl groups is 1. The van der Waals surface area contributed by atoms with Crippen LogP contribution in [-0.2, 0) is 17.9 Å². The van der Waals surface area contributed by atoms with Gasteiger partial charge in [0.15, 0.2) is 0 Å². The molecule has 0 spiro atoms. The quantitative estimate of drug-likeness (QED) is 0.801. The van der Waals surface area contributed by atoms with Crippen molar-refractivity contribution in [2.24, 2.45) is 0 Å². The predicted octanol–water partition coefficient (Wildman–Crippen LogP) is 1.52. The zero-order valence-electron chi connectivity index (χ0n) is 12.7. The first-order chi connectivity index (χ1) is 10.8. The van der Waals surface area contributed by atoms with Crippen LogP contribution < -0.4 is 0 Å². The number of furan rings is 1. The van der Waals surface area contributed by atoms with E-state index in [2.05, 4.69) is 10.00 Å². The number of aromatic nitrogens is 2. The van der Waals surface area contributed by atoms with Crippen molar-refractivity contribution in [3.8, 4) is 0 Å². The first kappa shape index (κ1) is 15.3. The van der Waals surface area contributed by atoms with Crippen LogP contribution in [0.4, 0.5) is 0 Å². The Morgan fingerprint density at radius 2 is 2.41 bits per heavy atom. The molecule has 120 valence electrons. The van der Waals surface area contributed by atoms with E-state index >= 15 is 0 Å². The molecule has 2 atom stereocenters. The van der Waals surface area contributed by atoms with Crippen molar-refractivity contribution in [1.29, 1.82) is 0 Å². The zero-order valence-corrected chi connectivity index (χ0v) is 12.7. The van der Waals surface area contributed by atoms with Crippen LogP contribution in [0.25, 0.3) is 0 Å². The molecular formula is C16H23N3O3. The third-order valence-electron chi connectivity index (χ3n) is 4.04. The summed E-state index contributed by atoms with van der Waals surface area (Å²) in [6.07, 6.45) is 7.26. The molecule has 1 saturated heterocycles. The van der Waals surface area contributed by atoms with Gasteiger partial charge in [0.05, 0.1) is 25.5 Å². The molecule has 0 amide bonds. The van der Waals surface area contributed by atoms with Crippen molar-refractivity contribution in [1.82, 2.24) is 14.7 Å². The van der Waals surface area contributed by atoms with Crippen LogP contribution in [0.1, 0.15) is 18.6 Å². The Hall–Kier alpha value is -1.63. The van der Waals surface area contributed by atoms with Gasteiger partial charge in [-0.05, 0) is 37.6 Å². The van der Waals surface area contributed by atoms with Gasteiger partial charge in [-0.1, -0.05) is 0 Å². The van der Waals surface area contributed by atoms with E-state index in [1.54, 1.807) is 12.5 Å². The molecule has 6 nitrogen and oxygen atoms in total. The largest absolute Gasteiger partial charge is 0.467 e. The maximum Gasteiger partial charge on any atom is 0.129 e. The van der Waals surface area contributed by atoms with E-state index in [1.165, 1.54) is 6.42 Å². The highest BCUT2D eigenvalue weighted by atomic mass is 16.5. The number of β-amino-alcohol motifs (C(OH)–C–C–N with tert-alkyl or cyclic N) is 1. The van der Waals surface area contributed by atoms with E-state index in [9.17, 15) is 5.11 Å². The van der Waals surface area contributed by atoms with Crippen LogP contribution in [0.2, 0.25) is 0 Å². The monoisotopic (exact) mass is 305 g/mol. The van der Waals surface area contributed by atoms with Crippen molar-refractivity contribution in [3.63, 3.8) is 0 Å². The van der Waals surface area contributed by atoms with Crippen LogP contribution >= 0.6 is 0 Å². The summed E-state index contributed by atoms with van der Waals surface area (Å²) in [6, 6.07) is 6.09. The van der Waals surface area contributed by atoms with Crippen molar-refractivity contribution in [3.05, 3.63) is 42.6 Å². The second-order valence-corrected chi connectivity index (χ2v) is 5.77. The Labute approximate surface area is 130 Å². The van der Waals surface area contributed by atoms with Crippen molar-refractivity contribution < 1.29 is 14.3 Å². The van der Waals surface area contributed by atoms with E-state index in [-0.39, 0.29) is 0 Å². The average molecular weight is 305 g/mol. The molecule has 0 bridgehead atoms. The molecule has 1 aliphatic rings. The van der Waals surface area contributed by atoms with E-state index < -0.39 is 6.10 Å². The van der Waals surface area contributed by atoms with Crippen LogP contribution in [0.3, 0.4) is 0 Å². The number of hydrogen-bond acceptors (Lipinski definition) is 5. The minimum atomic E-state index is -0.479. The minimum absolute atomic E-state index is 0.325. The van der Waals surface area contributed by atoms with Gasteiger partial charge in [-0.2, -0.15) is 5.10 Å². The molecule has 0 unspecified atom stereocenters. The molecule has 6 heteroatoms. The molecule has 2 aromatic heterocycles. The summed E-state index contributed by atoms with van der Waals surface area (Å²) in [5.41, 5.74) is 0. The second-order valence-electron chi connectivity index (χ2n) is 5.77. The Morgan fingerprint density at radius 3 is 3.18 bits per heavy atom. The van der Waals surface area contributed by atoms with Crippen molar-refractivity contribution in [2.75, 3.05) is 19.7 Å². The van der Waals surface area contributed by atoms with Gasteiger partial charge < -0.3 is 14.3 Å². The lowest BCUT2D eigenvalue weighted by Crippen LogP contribution is -2.40. The summed E-state index contributed by atoms with van der Waals surface area (Å²) >= 11 is 0. The van der Waals surface area contributed by atoms with E-state index in [0.717, 1.165) is 25.3 Å². The van der Waals surface area contributed by atoms with Gasteiger partial charge in [0.25, 0.3) is 0 Å².